The molecule has 4 N–H and O–H groups in total. The molecule has 0 aromatic rings. The summed E-state index contributed by atoms with van der Waals surface area (Å²) >= 11 is 0. The molecule has 1 amide bonds. The van der Waals surface area contributed by atoms with Crippen molar-refractivity contribution in [3.63, 3.8) is 0 Å². The number of rotatable bonds is 34. The SMILES string of the molecule is CCCCCCCCC/C=C/CC/C=C/CCCC(O)C(O)C(CO)NC(=O)CCCCCCCCCCCCCCCC. The molecule has 0 aromatic heterocycles. The minimum absolute atomic E-state index is 0.159. The Morgan fingerprint density at radius 2 is 0.932 bits per heavy atom. The lowest BCUT2D eigenvalue weighted by molar-refractivity contribution is -0.124. The third-order valence-electron chi connectivity index (χ3n) is 8.79. The van der Waals surface area contributed by atoms with E-state index in [1.807, 2.05) is 0 Å². The summed E-state index contributed by atoms with van der Waals surface area (Å²) in [5, 5.41) is 33.3. The second-order valence-corrected chi connectivity index (χ2v) is 13.1. The highest BCUT2D eigenvalue weighted by Gasteiger charge is 2.26. The van der Waals surface area contributed by atoms with E-state index in [2.05, 4.69) is 43.5 Å². The lowest BCUT2D eigenvalue weighted by Crippen LogP contribution is -2.50. The van der Waals surface area contributed by atoms with E-state index in [-0.39, 0.29) is 12.5 Å². The van der Waals surface area contributed by atoms with E-state index in [0.717, 1.165) is 44.9 Å². The van der Waals surface area contributed by atoms with E-state index < -0.39 is 18.2 Å². The fourth-order valence-corrected chi connectivity index (χ4v) is 5.76. The Kier molecular flexibility index (Phi) is 33.8. The Morgan fingerprint density at radius 3 is 1.39 bits per heavy atom. The van der Waals surface area contributed by atoms with Gasteiger partial charge in [-0.15, -0.1) is 0 Å². The Hall–Kier alpha value is -1.17. The highest BCUT2D eigenvalue weighted by atomic mass is 16.3. The van der Waals surface area contributed by atoms with E-state index >= 15 is 0 Å². The summed E-state index contributed by atoms with van der Waals surface area (Å²) in [5.74, 6) is -0.159. The standard InChI is InChI=1S/C39H75NO4/c1-3-5-7-9-11-13-15-17-19-20-21-23-25-27-29-31-33-37(42)39(44)36(35-41)40-38(43)34-32-30-28-26-24-22-18-16-14-12-10-8-6-4-2/h19-20,25,27,36-37,39,41-42,44H,3-18,21-24,26,28-35H2,1-2H3,(H,40,43)/b20-19+,27-25+. The van der Waals surface area contributed by atoms with Crippen molar-refractivity contribution in [1.82, 2.24) is 5.32 Å². The smallest absolute Gasteiger partial charge is 0.220 e. The van der Waals surface area contributed by atoms with Gasteiger partial charge >= 0.3 is 0 Å². The van der Waals surface area contributed by atoms with Crippen LogP contribution >= 0.6 is 0 Å². The molecule has 0 fully saturated rings. The van der Waals surface area contributed by atoms with Gasteiger partial charge in [0.1, 0.15) is 6.10 Å². The van der Waals surface area contributed by atoms with Crippen molar-refractivity contribution in [2.75, 3.05) is 6.61 Å². The molecular weight excluding hydrogens is 546 g/mol. The number of hydrogen-bond acceptors (Lipinski definition) is 4. The van der Waals surface area contributed by atoms with Crippen LogP contribution in [0.3, 0.4) is 0 Å². The Balaban J connectivity index is 3.75. The van der Waals surface area contributed by atoms with Gasteiger partial charge < -0.3 is 20.6 Å². The van der Waals surface area contributed by atoms with Crippen LogP contribution in [-0.4, -0.2) is 46.1 Å². The van der Waals surface area contributed by atoms with Crippen molar-refractivity contribution in [3.8, 4) is 0 Å². The van der Waals surface area contributed by atoms with Crippen LogP contribution in [-0.2, 0) is 4.79 Å². The molecule has 3 unspecified atom stereocenters. The van der Waals surface area contributed by atoms with Crippen LogP contribution < -0.4 is 5.32 Å². The first-order valence-corrected chi connectivity index (χ1v) is 19.1. The third-order valence-corrected chi connectivity index (χ3v) is 8.79. The second-order valence-electron chi connectivity index (χ2n) is 13.1. The molecule has 5 heteroatoms. The van der Waals surface area contributed by atoms with Gasteiger partial charge in [0.25, 0.3) is 0 Å². The minimum Gasteiger partial charge on any atom is -0.394 e. The zero-order chi connectivity index (χ0) is 32.4. The van der Waals surface area contributed by atoms with Crippen molar-refractivity contribution in [3.05, 3.63) is 24.3 Å². The first-order valence-electron chi connectivity index (χ1n) is 19.1. The van der Waals surface area contributed by atoms with Crippen LogP contribution in [0.4, 0.5) is 0 Å². The van der Waals surface area contributed by atoms with Gasteiger partial charge in [-0.1, -0.05) is 160 Å². The number of allylic oxidation sites excluding steroid dienone is 4. The number of unbranched alkanes of at least 4 members (excludes halogenated alkanes) is 22. The maximum atomic E-state index is 12.3. The lowest BCUT2D eigenvalue weighted by atomic mass is 10.0. The van der Waals surface area contributed by atoms with Gasteiger partial charge in [0.2, 0.25) is 5.91 Å². The molecule has 0 saturated carbocycles. The van der Waals surface area contributed by atoms with Gasteiger partial charge in [-0.2, -0.15) is 0 Å². The summed E-state index contributed by atoms with van der Waals surface area (Å²) in [6.45, 7) is 4.14. The molecule has 0 aliphatic heterocycles. The first kappa shape index (κ1) is 42.8. The number of carbonyl (C=O) groups excluding carboxylic acids is 1. The highest BCUT2D eigenvalue weighted by molar-refractivity contribution is 5.76. The maximum Gasteiger partial charge on any atom is 0.220 e. The predicted molar refractivity (Wildman–Crippen MR) is 190 cm³/mol. The van der Waals surface area contributed by atoms with E-state index in [1.165, 1.54) is 122 Å². The maximum absolute atomic E-state index is 12.3. The largest absolute Gasteiger partial charge is 0.394 e. The van der Waals surface area contributed by atoms with Gasteiger partial charge in [-0.25, -0.2) is 0 Å². The Labute approximate surface area is 273 Å². The summed E-state index contributed by atoms with van der Waals surface area (Å²) in [7, 11) is 0. The van der Waals surface area contributed by atoms with Crippen LogP contribution in [0, 0.1) is 0 Å². The molecule has 260 valence electrons. The van der Waals surface area contributed by atoms with Gasteiger partial charge in [0.15, 0.2) is 0 Å². The molecule has 0 saturated heterocycles. The van der Waals surface area contributed by atoms with E-state index in [0.29, 0.717) is 12.8 Å². The molecule has 5 nitrogen and oxygen atoms in total. The van der Waals surface area contributed by atoms with Gasteiger partial charge in [0.05, 0.1) is 18.8 Å². The van der Waals surface area contributed by atoms with Crippen molar-refractivity contribution < 1.29 is 20.1 Å². The average Bonchev–Trinajstić information content (AvgIpc) is 3.03. The van der Waals surface area contributed by atoms with Crippen LogP contribution in [0.1, 0.15) is 194 Å². The molecule has 0 rings (SSSR count). The molecule has 44 heavy (non-hydrogen) atoms. The normalized spacial score (nSPS) is 14.0. The Morgan fingerprint density at radius 1 is 0.545 bits per heavy atom. The molecule has 0 bridgehead atoms. The Bertz CT molecular complexity index is 650. The molecule has 3 atom stereocenters. The number of amides is 1. The molecule has 0 heterocycles. The highest BCUT2D eigenvalue weighted by Crippen LogP contribution is 2.14. The quantitative estimate of drug-likeness (QED) is 0.0425. The van der Waals surface area contributed by atoms with Crippen molar-refractivity contribution >= 4 is 5.91 Å². The second kappa shape index (κ2) is 34.7. The zero-order valence-electron chi connectivity index (χ0n) is 29.3. The van der Waals surface area contributed by atoms with Gasteiger partial charge in [-0.05, 0) is 51.4 Å². The van der Waals surface area contributed by atoms with Crippen molar-refractivity contribution in [2.24, 2.45) is 0 Å². The summed E-state index contributed by atoms with van der Waals surface area (Å²) in [4.78, 5) is 12.3. The van der Waals surface area contributed by atoms with Crippen LogP contribution in [0.2, 0.25) is 0 Å². The number of aliphatic hydroxyl groups is 3. The number of nitrogens with one attached hydrogen (secondary N) is 1. The lowest BCUT2D eigenvalue weighted by Gasteiger charge is -2.26. The van der Waals surface area contributed by atoms with Crippen LogP contribution in [0.15, 0.2) is 24.3 Å². The topological polar surface area (TPSA) is 89.8 Å². The fourth-order valence-electron chi connectivity index (χ4n) is 5.76. The monoisotopic (exact) mass is 622 g/mol. The predicted octanol–water partition coefficient (Wildman–Crippen LogP) is 10.3. The average molecular weight is 622 g/mol. The fraction of sp³-hybridized carbons (Fsp3) is 0.872. The summed E-state index contributed by atoms with van der Waals surface area (Å²) in [6.07, 6.45) is 39.8. The van der Waals surface area contributed by atoms with E-state index in [9.17, 15) is 20.1 Å². The molecule has 0 spiro atoms. The van der Waals surface area contributed by atoms with Gasteiger partial charge in [0, 0.05) is 6.42 Å². The summed E-state index contributed by atoms with van der Waals surface area (Å²) < 4.78 is 0. The first-order chi connectivity index (χ1) is 21.6. The molecule has 0 aromatic carbocycles. The number of aliphatic hydroxyl groups excluding tert-OH is 3. The van der Waals surface area contributed by atoms with Crippen molar-refractivity contribution in [2.45, 2.75) is 212 Å². The number of carbonyl (C=O) groups is 1. The molecule has 0 aliphatic carbocycles. The van der Waals surface area contributed by atoms with Gasteiger partial charge in [-0.3, -0.25) is 4.79 Å². The molecule has 0 radical (unpaired) electrons. The zero-order valence-corrected chi connectivity index (χ0v) is 29.3. The van der Waals surface area contributed by atoms with Crippen LogP contribution in [0.5, 0.6) is 0 Å². The molecular formula is C39H75NO4. The summed E-state index contributed by atoms with van der Waals surface area (Å²) in [6, 6.07) is -0.826. The summed E-state index contributed by atoms with van der Waals surface area (Å²) in [5.41, 5.74) is 0. The number of hydrogen-bond donors (Lipinski definition) is 4. The minimum atomic E-state index is -1.16. The van der Waals surface area contributed by atoms with E-state index in [4.69, 9.17) is 0 Å². The molecule has 0 aliphatic rings. The van der Waals surface area contributed by atoms with E-state index in [1.54, 1.807) is 0 Å². The van der Waals surface area contributed by atoms with Crippen LogP contribution in [0.25, 0.3) is 0 Å². The third kappa shape index (κ3) is 29.5. The van der Waals surface area contributed by atoms with Crippen molar-refractivity contribution in [1.29, 1.82) is 0 Å².